The lowest BCUT2D eigenvalue weighted by molar-refractivity contribution is 0.413. The van der Waals surface area contributed by atoms with Crippen molar-refractivity contribution in [2.75, 3.05) is 30.6 Å². The van der Waals surface area contributed by atoms with E-state index in [9.17, 15) is 8.42 Å². The van der Waals surface area contributed by atoms with Crippen LogP contribution in [0.2, 0.25) is 0 Å². The minimum absolute atomic E-state index is 0.135. The molecule has 3 rings (SSSR count). The van der Waals surface area contributed by atoms with Gasteiger partial charge in [0.2, 0.25) is 11.8 Å². The Morgan fingerprint density at radius 1 is 1.21 bits per heavy atom. The highest BCUT2D eigenvalue weighted by atomic mass is 32.2. The summed E-state index contributed by atoms with van der Waals surface area (Å²) in [6.45, 7) is 3.78. The molecule has 3 aromatic rings. The first-order chi connectivity index (χ1) is 13.2. The van der Waals surface area contributed by atoms with Crippen LogP contribution >= 0.6 is 0 Å². The van der Waals surface area contributed by atoms with E-state index in [-0.39, 0.29) is 4.90 Å². The van der Waals surface area contributed by atoms with Crippen molar-refractivity contribution in [3.05, 3.63) is 41.7 Å². The number of nitrogens with one attached hydrogen (secondary N) is 1. The number of aryl methyl sites for hydroxylation is 1. The van der Waals surface area contributed by atoms with E-state index in [0.717, 1.165) is 17.5 Å². The fourth-order valence-corrected chi connectivity index (χ4v) is 3.19. The van der Waals surface area contributed by atoms with Crippen LogP contribution < -0.4 is 15.0 Å². The molecule has 1 aromatic carbocycles. The first-order valence-corrected chi connectivity index (χ1v) is 10.2. The summed E-state index contributed by atoms with van der Waals surface area (Å²) in [6, 6.07) is 6.36. The average Bonchev–Trinajstić information content (AvgIpc) is 2.99. The molecule has 0 amide bonds. The molecule has 1 N–H and O–H groups in total. The molecule has 9 nitrogen and oxygen atoms in total. The molecule has 0 bridgehead atoms. The monoisotopic (exact) mass is 403 g/mol. The lowest BCUT2D eigenvalue weighted by Gasteiger charge is -2.16. The van der Waals surface area contributed by atoms with Gasteiger partial charge in [0.25, 0.3) is 0 Å². The number of rotatable bonds is 6. The van der Waals surface area contributed by atoms with Crippen molar-refractivity contribution < 1.29 is 17.7 Å². The Kier molecular flexibility index (Phi) is 5.23. The van der Waals surface area contributed by atoms with Gasteiger partial charge in [0.15, 0.2) is 9.84 Å². The van der Waals surface area contributed by atoms with Gasteiger partial charge in [0.05, 0.1) is 17.7 Å². The van der Waals surface area contributed by atoms with Gasteiger partial charge in [-0.05, 0) is 32.0 Å². The summed E-state index contributed by atoms with van der Waals surface area (Å²) in [6.07, 6.45) is 2.73. The summed E-state index contributed by atoms with van der Waals surface area (Å²) < 4.78 is 34.4. The van der Waals surface area contributed by atoms with Crippen LogP contribution in [0.15, 0.2) is 39.9 Å². The Hall–Kier alpha value is -3.14. The third-order valence-electron chi connectivity index (χ3n) is 4.22. The van der Waals surface area contributed by atoms with Gasteiger partial charge in [0.1, 0.15) is 11.6 Å². The predicted molar refractivity (Wildman–Crippen MR) is 105 cm³/mol. The second kappa shape index (κ2) is 7.47. The number of ether oxygens (including phenoxy) is 1. The van der Waals surface area contributed by atoms with Gasteiger partial charge in [-0.1, -0.05) is 5.16 Å². The molecular weight excluding hydrogens is 382 g/mol. The van der Waals surface area contributed by atoms with E-state index in [1.807, 2.05) is 20.9 Å². The molecule has 2 heterocycles. The summed E-state index contributed by atoms with van der Waals surface area (Å²) in [5.74, 6) is 1.88. The van der Waals surface area contributed by atoms with E-state index in [4.69, 9.17) is 9.26 Å². The zero-order valence-corrected chi connectivity index (χ0v) is 17.0. The maximum absolute atomic E-state index is 11.9. The lowest BCUT2D eigenvalue weighted by Crippen LogP contribution is -2.12. The topological polar surface area (TPSA) is 110 Å². The van der Waals surface area contributed by atoms with Crippen LogP contribution in [-0.2, 0) is 9.84 Å². The largest absolute Gasteiger partial charge is 0.497 e. The number of hydrogen-bond donors (Lipinski definition) is 1. The number of hydrogen-bond acceptors (Lipinski definition) is 9. The van der Waals surface area contributed by atoms with E-state index in [2.05, 4.69) is 20.4 Å². The van der Waals surface area contributed by atoms with Crippen LogP contribution in [0.5, 0.6) is 5.75 Å². The minimum Gasteiger partial charge on any atom is -0.497 e. The fraction of sp³-hybridized carbons (Fsp3) is 0.278. The standard InChI is InChI=1S/C18H21N5O4S/c1-11-12(2)22-27-17(11)23(3)16-6-7-19-18(21-16)20-13-8-14(26-4)10-15(9-13)28(5,24)25/h6-10H,1-5H3,(H,19,20,21). The molecule has 0 saturated heterocycles. The molecule has 2 aromatic heterocycles. The normalized spacial score (nSPS) is 11.3. The molecule has 0 unspecified atom stereocenters. The molecule has 0 radical (unpaired) electrons. The summed E-state index contributed by atoms with van der Waals surface area (Å²) in [4.78, 5) is 10.6. The number of methoxy groups -OCH3 is 1. The van der Waals surface area contributed by atoms with Gasteiger partial charge in [-0.2, -0.15) is 4.98 Å². The van der Waals surface area contributed by atoms with Crippen molar-refractivity contribution in [3.8, 4) is 5.75 Å². The summed E-state index contributed by atoms with van der Waals surface area (Å²) in [7, 11) is -0.116. The molecule has 0 aliphatic rings. The Balaban J connectivity index is 1.92. The molecule has 0 atom stereocenters. The van der Waals surface area contributed by atoms with Gasteiger partial charge >= 0.3 is 0 Å². The molecule has 0 saturated carbocycles. The number of nitrogens with zero attached hydrogens (tertiary/aromatic N) is 4. The average molecular weight is 403 g/mol. The Bertz CT molecular complexity index is 1110. The zero-order chi connectivity index (χ0) is 20.5. The maximum atomic E-state index is 11.9. The Morgan fingerprint density at radius 3 is 2.57 bits per heavy atom. The number of benzene rings is 1. The van der Waals surface area contributed by atoms with Gasteiger partial charge in [-0.25, -0.2) is 13.4 Å². The van der Waals surface area contributed by atoms with Crippen LogP contribution in [0.25, 0.3) is 0 Å². The summed E-state index contributed by atoms with van der Waals surface area (Å²) in [5, 5.41) is 6.98. The molecule has 0 aliphatic heterocycles. The van der Waals surface area contributed by atoms with Crippen molar-refractivity contribution in [1.82, 2.24) is 15.1 Å². The van der Waals surface area contributed by atoms with Crippen LogP contribution in [-0.4, -0.2) is 44.0 Å². The SMILES string of the molecule is COc1cc(Nc2nccc(N(C)c3onc(C)c3C)n2)cc(S(C)(=O)=O)c1. The number of aromatic nitrogens is 3. The van der Waals surface area contributed by atoms with Crippen molar-refractivity contribution >= 4 is 33.2 Å². The molecule has 148 valence electrons. The highest BCUT2D eigenvalue weighted by molar-refractivity contribution is 7.90. The van der Waals surface area contributed by atoms with E-state index >= 15 is 0 Å². The van der Waals surface area contributed by atoms with Gasteiger partial charge in [-0.15, -0.1) is 0 Å². The molecule has 0 fully saturated rings. The van der Waals surface area contributed by atoms with E-state index in [0.29, 0.717) is 29.1 Å². The molecule has 0 spiro atoms. The van der Waals surface area contributed by atoms with Gasteiger partial charge < -0.3 is 14.6 Å². The highest BCUT2D eigenvalue weighted by Crippen LogP contribution is 2.29. The Labute approximate surface area is 163 Å². The zero-order valence-electron chi connectivity index (χ0n) is 16.2. The summed E-state index contributed by atoms with van der Waals surface area (Å²) >= 11 is 0. The third kappa shape index (κ3) is 4.06. The van der Waals surface area contributed by atoms with E-state index in [1.54, 1.807) is 23.2 Å². The number of sulfone groups is 1. The molecule has 10 heteroatoms. The van der Waals surface area contributed by atoms with E-state index in [1.165, 1.54) is 19.2 Å². The fourth-order valence-electron chi connectivity index (χ4n) is 2.52. The minimum atomic E-state index is -3.40. The number of anilines is 4. The second-order valence-electron chi connectivity index (χ2n) is 6.29. The van der Waals surface area contributed by atoms with Crippen molar-refractivity contribution in [1.29, 1.82) is 0 Å². The first kappa shape index (κ1) is 19.6. The molecular formula is C18H21N5O4S. The lowest BCUT2D eigenvalue weighted by atomic mass is 10.3. The van der Waals surface area contributed by atoms with Crippen molar-refractivity contribution in [2.24, 2.45) is 0 Å². The van der Waals surface area contributed by atoms with E-state index < -0.39 is 9.84 Å². The highest BCUT2D eigenvalue weighted by Gasteiger charge is 2.17. The van der Waals surface area contributed by atoms with Crippen LogP contribution in [0, 0.1) is 13.8 Å². The van der Waals surface area contributed by atoms with Gasteiger partial charge in [0, 0.05) is 36.8 Å². The van der Waals surface area contributed by atoms with Crippen molar-refractivity contribution in [2.45, 2.75) is 18.7 Å². The van der Waals surface area contributed by atoms with Crippen LogP contribution in [0.4, 0.5) is 23.3 Å². The summed E-state index contributed by atoms with van der Waals surface area (Å²) in [5.41, 5.74) is 2.21. The maximum Gasteiger partial charge on any atom is 0.235 e. The second-order valence-corrected chi connectivity index (χ2v) is 8.31. The quantitative estimate of drug-likeness (QED) is 0.664. The van der Waals surface area contributed by atoms with Crippen molar-refractivity contribution in [3.63, 3.8) is 0 Å². The molecule has 28 heavy (non-hydrogen) atoms. The molecule has 0 aliphatic carbocycles. The predicted octanol–water partition coefficient (Wildman–Crippen LogP) is 3.01. The Morgan fingerprint density at radius 2 is 1.96 bits per heavy atom. The third-order valence-corrected chi connectivity index (χ3v) is 5.31. The van der Waals surface area contributed by atoms with Crippen LogP contribution in [0.3, 0.4) is 0 Å². The smallest absolute Gasteiger partial charge is 0.235 e. The first-order valence-electron chi connectivity index (χ1n) is 8.35. The van der Waals surface area contributed by atoms with Crippen LogP contribution in [0.1, 0.15) is 11.3 Å². The van der Waals surface area contributed by atoms with Gasteiger partial charge in [-0.3, -0.25) is 4.90 Å².